The van der Waals surface area contributed by atoms with E-state index in [1.165, 1.54) is 0 Å². The molecule has 21 heavy (non-hydrogen) atoms. The molecule has 112 valence electrons. The third kappa shape index (κ3) is 3.77. The summed E-state index contributed by atoms with van der Waals surface area (Å²) in [7, 11) is 3.63. The van der Waals surface area contributed by atoms with Gasteiger partial charge in [-0.15, -0.1) is 10.2 Å². The lowest BCUT2D eigenvalue weighted by Gasteiger charge is -2.09. The Morgan fingerprint density at radius 1 is 1.38 bits per heavy atom. The number of amides is 1. The molecule has 2 aromatic rings. The zero-order chi connectivity index (χ0) is 15.2. The molecule has 0 saturated heterocycles. The summed E-state index contributed by atoms with van der Waals surface area (Å²) in [4.78, 5) is 16.7. The quantitative estimate of drug-likeness (QED) is 0.832. The van der Waals surface area contributed by atoms with Crippen LogP contribution in [0.2, 0.25) is 0 Å². The van der Waals surface area contributed by atoms with Crippen LogP contribution in [0.5, 0.6) is 0 Å². The minimum absolute atomic E-state index is 0.144. The van der Waals surface area contributed by atoms with E-state index in [-0.39, 0.29) is 5.91 Å². The van der Waals surface area contributed by atoms with Gasteiger partial charge in [0.25, 0.3) is 5.91 Å². The molecule has 0 saturated carbocycles. The second kappa shape index (κ2) is 6.83. The third-order valence-electron chi connectivity index (χ3n) is 3.12. The number of anilines is 1. The van der Waals surface area contributed by atoms with Crippen LogP contribution in [0.15, 0.2) is 18.5 Å². The van der Waals surface area contributed by atoms with E-state index in [1.54, 1.807) is 24.0 Å². The van der Waals surface area contributed by atoms with E-state index in [0.717, 1.165) is 18.5 Å². The van der Waals surface area contributed by atoms with Crippen molar-refractivity contribution in [2.24, 2.45) is 7.05 Å². The maximum Gasteiger partial charge on any atom is 0.251 e. The largest absolute Gasteiger partial charge is 0.373 e. The van der Waals surface area contributed by atoms with Gasteiger partial charge in [-0.25, -0.2) is 4.98 Å². The number of aryl methyl sites for hydroxylation is 2. The van der Waals surface area contributed by atoms with Crippen molar-refractivity contribution in [2.45, 2.75) is 26.3 Å². The minimum atomic E-state index is -0.144. The molecule has 2 aromatic heterocycles. The van der Waals surface area contributed by atoms with Gasteiger partial charge < -0.3 is 15.2 Å². The summed E-state index contributed by atoms with van der Waals surface area (Å²) in [6.07, 6.45) is 3.44. The first-order valence-corrected chi connectivity index (χ1v) is 6.93. The van der Waals surface area contributed by atoms with Gasteiger partial charge >= 0.3 is 0 Å². The van der Waals surface area contributed by atoms with Gasteiger partial charge in [0.1, 0.15) is 12.1 Å². The van der Waals surface area contributed by atoms with Crippen LogP contribution >= 0.6 is 0 Å². The molecule has 0 radical (unpaired) electrons. The molecule has 0 unspecified atom stereocenters. The molecule has 0 fully saturated rings. The van der Waals surface area contributed by atoms with Crippen LogP contribution in [0.3, 0.4) is 0 Å². The van der Waals surface area contributed by atoms with E-state index in [1.807, 2.05) is 13.1 Å². The average Bonchev–Trinajstić information content (AvgIpc) is 2.90. The van der Waals surface area contributed by atoms with Crippen LogP contribution in [-0.2, 0) is 20.0 Å². The number of hydrogen-bond acceptors (Lipinski definition) is 5. The molecule has 0 spiro atoms. The Balaban J connectivity index is 2.10. The standard InChI is InChI=1S/C14H20N6O/c1-4-5-11-6-10(7-12(15-2)18-11)14(21)16-8-13-19-17-9-20(13)3/h6-7,9H,4-5,8H2,1-3H3,(H,15,18)(H,16,21). The van der Waals surface area contributed by atoms with Crippen LogP contribution in [0, 0.1) is 0 Å². The molecule has 0 aliphatic heterocycles. The molecular weight excluding hydrogens is 268 g/mol. The molecule has 1 amide bonds. The van der Waals surface area contributed by atoms with Gasteiger partial charge in [0.05, 0.1) is 6.54 Å². The monoisotopic (exact) mass is 288 g/mol. The van der Waals surface area contributed by atoms with Crippen molar-refractivity contribution >= 4 is 11.7 Å². The lowest BCUT2D eigenvalue weighted by Crippen LogP contribution is -2.24. The number of pyridine rings is 1. The molecule has 2 N–H and O–H groups in total. The molecule has 7 heteroatoms. The van der Waals surface area contributed by atoms with Gasteiger partial charge in [-0.05, 0) is 18.6 Å². The van der Waals surface area contributed by atoms with Gasteiger partial charge in [-0.2, -0.15) is 0 Å². The number of carbonyl (C=O) groups is 1. The Kier molecular flexibility index (Phi) is 4.86. The Morgan fingerprint density at radius 2 is 2.19 bits per heavy atom. The first-order chi connectivity index (χ1) is 10.1. The summed E-state index contributed by atoms with van der Waals surface area (Å²) in [5, 5.41) is 13.5. The summed E-state index contributed by atoms with van der Waals surface area (Å²) in [5.41, 5.74) is 1.51. The number of aromatic nitrogens is 4. The third-order valence-corrected chi connectivity index (χ3v) is 3.12. The van der Waals surface area contributed by atoms with E-state index >= 15 is 0 Å². The fourth-order valence-electron chi connectivity index (χ4n) is 1.96. The summed E-state index contributed by atoms with van der Waals surface area (Å²) in [5.74, 6) is 1.26. The lowest BCUT2D eigenvalue weighted by atomic mass is 10.1. The van der Waals surface area contributed by atoms with Gasteiger partial charge in [0.15, 0.2) is 5.82 Å². The van der Waals surface area contributed by atoms with Crippen molar-refractivity contribution in [3.05, 3.63) is 35.5 Å². The number of hydrogen-bond donors (Lipinski definition) is 2. The van der Waals surface area contributed by atoms with Crippen LogP contribution in [0.1, 0.15) is 35.2 Å². The van der Waals surface area contributed by atoms with Crippen molar-refractivity contribution in [3.63, 3.8) is 0 Å². The molecule has 0 aromatic carbocycles. The van der Waals surface area contributed by atoms with Crippen LogP contribution in [0.25, 0.3) is 0 Å². The molecule has 2 rings (SSSR count). The van der Waals surface area contributed by atoms with Crippen molar-refractivity contribution in [2.75, 3.05) is 12.4 Å². The Labute approximate surface area is 123 Å². The minimum Gasteiger partial charge on any atom is -0.373 e. The van der Waals surface area contributed by atoms with Crippen LogP contribution in [-0.4, -0.2) is 32.7 Å². The molecule has 2 heterocycles. The van der Waals surface area contributed by atoms with Crippen LogP contribution in [0.4, 0.5) is 5.82 Å². The summed E-state index contributed by atoms with van der Waals surface area (Å²) >= 11 is 0. The first kappa shape index (κ1) is 15.0. The molecule has 0 aliphatic rings. The van der Waals surface area contributed by atoms with E-state index in [4.69, 9.17) is 0 Å². The van der Waals surface area contributed by atoms with Crippen molar-refractivity contribution in [1.29, 1.82) is 0 Å². The van der Waals surface area contributed by atoms with Gasteiger partial charge in [0.2, 0.25) is 0 Å². The van der Waals surface area contributed by atoms with E-state index in [9.17, 15) is 4.79 Å². The number of carbonyl (C=O) groups excluding carboxylic acids is 1. The molecule has 0 atom stereocenters. The summed E-state index contributed by atoms with van der Waals surface area (Å²) in [6, 6.07) is 3.57. The topological polar surface area (TPSA) is 84.7 Å². The highest BCUT2D eigenvalue weighted by molar-refractivity contribution is 5.94. The van der Waals surface area contributed by atoms with Crippen LogP contribution < -0.4 is 10.6 Å². The van der Waals surface area contributed by atoms with Gasteiger partial charge in [-0.3, -0.25) is 4.79 Å². The number of nitrogens with zero attached hydrogens (tertiary/aromatic N) is 4. The van der Waals surface area contributed by atoms with Crippen molar-refractivity contribution < 1.29 is 4.79 Å². The van der Waals surface area contributed by atoms with Gasteiger partial charge in [0, 0.05) is 25.4 Å². The van der Waals surface area contributed by atoms with E-state index < -0.39 is 0 Å². The Morgan fingerprint density at radius 3 is 2.81 bits per heavy atom. The van der Waals surface area contributed by atoms with E-state index in [2.05, 4.69) is 32.7 Å². The van der Waals surface area contributed by atoms with Crippen molar-refractivity contribution in [1.82, 2.24) is 25.1 Å². The highest BCUT2D eigenvalue weighted by Gasteiger charge is 2.10. The summed E-state index contributed by atoms with van der Waals surface area (Å²) < 4.78 is 1.77. The zero-order valence-corrected chi connectivity index (χ0v) is 12.6. The van der Waals surface area contributed by atoms with Gasteiger partial charge in [-0.1, -0.05) is 13.3 Å². The molecule has 7 nitrogen and oxygen atoms in total. The Hall–Kier alpha value is -2.44. The predicted octanol–water partition coefficient (Wildman–Crippen LogP) is 1.13. The zero-order valence-electron chi connectivity index (χ0n) is 12.6. The average molecular weight is 288 g/mol. The second-order valence-electron chi connectivity index (χ2n) is 4.77. The smallest absolute Gasteiger partial charge is 0.251 e. The second-order valence-corrected chi connectivity index (χ2v) is 4.77. The van der Waals surface area contributed by atoms with Crippen molar-refractivity contribution in [3.8, 4) is 0 Å². The number of nitrogens with one attached hydrogen (secondary N) is 2. The highest BCUT2D eigenvalue weighted by Crippen LogP contribution is 2.12. The molecule has 0 aliphatic carbocycles. The fraction of sp³-hybridized carbons (Fsp3) is 0.429. The summed E-state index contributed by atoms with van der Waals surface area (Å²) in [6.45, 7) is 2.43. The molecular formula is C14H20N6O. The maximum atomic E-state index is 12.3. The first-order valence-electron chi connectivity index (χ1n) is 6.93. The van der Waals surface area contributed by atoms with E-state index in [0.29, 0.717) is 23.8 Å². The Bertz CT molecular complexity index is 622. The SMILES string of the molecule is CCCc1cc(C(=O)NCc2nncn2C)cc(NC)n1. The fourth-order valence-corrected chi connectivity index (χ4v) is 1.96. The maximum absolute atomic E-state index is 12.3. The molecule has 0 bridgehead atoms. The lowest BCUT2D eigenvalue weighted by molar-refractivity contribution is 0.0949. The predicted molar refractivity (Wildman–Crippen MR) is 80.0 cm³/mol. The normalized spacial score (nSPS) is 10.4. The highest BCUT2D eigenvalue weighted by atomic mass is 16.1. The number of rotatable bonds is 6.